The second-order valence-electron chi connectivity index (χ2n) is 5.59. The molecule has 0 bridgehead atoms. The zero-order valence-corrected chi connectivity index (χ0v) is 12.4. The molecule has 110 valence electrons. The highest BCUT2D eigenvalue weighted by atomic mass is 16.5. The molecule has 0 saturated carbocycles. The summed E-state index contributed by atoms with van der Waals surface area (Å²) in [4.78, 5) is 2.44. The van der Waals surface area contributed by atoms with E-state index < -0.39 is 0 Å². The maximum Gasteiger partial charge on any atom is 0.160 e. The molecule has 3 nitrogen and oxygen atoms in total. The highest BCUT2D eigenvalue weighted by Gasteiger charge is 2.14. The van der Waals surface area contributed by atoms with E-state index in [0.29, 0.717) is 5.75 Å². The SMILES string of the molecule is COc1ccc(CN2CCCc3ccccc3C2)cc1O. The first-order valence-corrected chi connectivity index (χ1v) is 7.41. The highest BCUT2D eigenvalue weighted by molar-refractivity contribution is 5.41. The summed E-state index contributed by atoms with van der Waals surface area (Å²) in [5.41, 5.74) is 4.01. The summed E-state index contributed by atoms with van der Waals surface area (Å²) in [6.45, 7) is 2.91. The summed E-state index contributed by atoms with van der Waals surface area (Å²) in [6.07, 6.45) is 2.33. The number of phenols is 1. The van der Waals surface area contributed by atoms with Crippen LogP contribution in [0, 0.1) is 0 Å². The summed E-state index contributed by atoms with van der Waals surface area (Å²) in [5, 5.41) is 9.89. The van der Waals surface area contributed by atoms with Crippen molar-refractivity contribution in [3.63, 3.8) is 0 Å². The Labute approximate surface area is 125 Å². The van der Waals surface area contributed by atoms with Gasteiger partial charge in [0.1, 0.15) is 0 Å². The smallest absolute Gasteiger partial charge is 0.160 e. The van der Waals surface area contributed by atoms with Gasteiger partial charge in [-0.15, -0.1) is 0 Å². The summed E-state index contributed by atoms with van der Waals surface area (Å²) < 4.78 is 5.09. The van der Waals surface area contributed by atoms with Gasteiger partial charge in [0.25, 0.3) is 0 Å². The van der Waals surface area contributed by atoms with Crippen LogP contribution in [0.1, 0.15) is 23.1 Å². The van der Waals surface area contributed by atoms with Gasteiger partial charge in [-0.2, -0.15) is 0 Å². The number of phenolic OH excluding ortho intramolecular Hbond substituents is 1. The topological polar surface area (TPSA) is 32.7 Å². The molecule has 1 heterocycles. The molecule has 0 spiro atoms. The molecule has 21 heavy (non-hydrogen) atoms. The van der Waals surface area contributed by atoms with E-state index in [-0.39, 0.29) is 5.75 Å². The second-order valence-corrected chi connectivity index (χ2v) is 5.59. The molecule has 0 fully saturated rings. The van der Waals surface area contributed by atoms with Crippen molar-refractivity contribution < 1.29 is 9.84 Å². The molecule has 0 aromatic heterocycles. The predicted molar refractivity (Wildman–Crippen MR) is 83.5 cm³/mol. The number of benzene rings is 2. The summed E-state index contributed by atoms with van der Waals surface area (Å²) >= 11 is 0. The molecule has 0 radical (unpaired) electrons. The molecule has 0 saturated heterocycles. The first kappa shape index (κ1) is 14.0. The van der Waals surface area contributed by atoms with Gasteiger partial charge >= 0.3 is 0 Å². The van der Waals surface area contributed by atoms with Crippen LogP contribution in [0.3, 0.4) is 0 Å². The Morgan fingerprint density at radius 1 is 1.14 bits per heavy atom. The van der Waals surface area contributed by atoms with Gasteiger partial charge in [0.2, 0.25) is 0 Å². The zero-order valence-electron chi connectivity index (χ0n) is 12.4. The molecule has 3 heteroatoms. The first-order valence-electron chi connectivity index (χ1n) is 7.41. The fourth-order valence-electron chi connectivity index (χ4n) is 3.00. The van der Waals surface area contributed by atoms with Gasteiger partial charge in [0, 0.05) is 13.1 Å². The van der Waals surface area contributed by atoms with Gasteiger partial charge < -0.3 is 9.84 Å². The molecule has 3 rings (SSSR count). The number of aromatic hydroxyl groups is 1. The van der Waals surface area contributed by atoms with Crippen LogP contribution in [-0.2, 0) is 19.5 Å². The third-order valence-electron chi connectivity index (χ3n) is 4.08. The van der Waals surface area contributed by atoms with Crippen molar-refractivity contribution in [3.8, 4) is 11.5 Å². The van der Waals surface area contributed by atoms with Crippen molar-refractivity contribution >= 4 is 0 Å². The zero-order chi connectivity index (χ0) is 14.7. The van der Waals surface area contributed by atoms with E-state index in [2.05, 4.69) is 29.2 Å². The van der Waals surface area contributed by atoms with E-state index in [4.69, 9.17) is 4.74 Å². The second kappa shape index (κ2) is 6.19. The minimum absolute atomic E-state index is 0.213. The maximum atomic E-state index is 9.89. The number of hydrogen-bond acceptors (Lipinski definition) is 3. The van der Waals surface area contributed by atoms with E-state index in [1.165, 1.54) is 17.5 Å². The van der Waals surface area contributed by atoms with Crippen LogP contribution in [-0.4, -0.2) is 23.7 Å². The number of rotatable bonds is 3. The number of nitrogens with zero attached hydrogens (tertiary/aromatic N) is 1. The third kappa shape index (κ3) is 3.19. The van der Waals surface area contributed by atoms with Crippen molar-refractivity contribution in [2.45, 2.75) is 25.9 Å². The van der Waals surface area contributed by atoms with Crippen LogP contribution in [0.25, 0.3) is 0 Å². The predicted octanol–water partition coefficient (Wildman–Crippen LogP) is 3.35. The van der Waals surface area contributed by atoms with Crippen molar-refractivity contribution in [1.82, 2.24) is 4.90 Å². The van der Waals surface area contributed by atoms with E-state index >= 15 is 0 Å². The van der Waals surface area contributed by atoms with Crippen LogP contribution in [0.15, 0.2) is 42.5 Å². The average molecular weight is 283 g/mol. The van der Waals surface area contributed by atoms with Gasteiger partial charge in [-0.25, -0.2) is 0 Å². The Bertz CT molecular complexity index is 624. The molecule has 2 aromatic carbocycles. The number of ether oxygens (including phenoxy) is 1. The van der Waals surface area contributed by atoms with Gasteiger partial charge in [-0.3, -0.25) is 4.90 Å². The van der Waals surface area contributed by atoms with Crippen molar-refractivity contribution in [2.24, 2.45) is 0 Å². The lowest BCUT2D eigenvalue weighted by atomic mass is 10.0. The molecular weight excluding hydrogens is 262 g/mol. The number of methoxy groups -OCH3 is 1. The van der Waals surface area contributed by atoms with Gasteiger partial charge in [-0.1, -0.05) is 30.3 Å². The minimum Gasteiger partial charge on any atom is -0.504 e. The van der Waals surface area contributed by atoms with Gasteiger partial charge in [-0.05, 0) is 48.2 Å². The molecule has 0 atom stereocenters. The number of hydrogen-bond donors (Lipinski definition) is 1. The van der Waals surface area contributed by atoms with Crippen LogP contribution in [0.5, 0.6) is 11.5 Å². The molecular formula is C18H21NO2. The summed E-state index contributed by atoms with van der Waals surface area (Å²) in [6, 6.07) is 14.3. The Morgan fingerprint density at radius 2 is 1.95 bits per heavy atom. The molecule has 0 unspecified atom stereocenters. The van der Waals surface area contributed by atoms with Gasteiger partial charge in [0.15, 0.2) is 11.5 Å². The van der Waals surface area contributed by atoms with Crippen LogP contribution >= 0.6 is 0 Å². The third-order valence-corrected chi connectivity index (χ3v) is 4.08. The highest BCUT2D eigenvalue weighted by Crippen LogP contribution is 2.27. The monoisotopic (exact) mass is 283 g/mol. The average Bonchev–Trinajstić information content (AvgIpc) is 2.69. The van der Waals surface area contributed by atoms with Crippen LogP contribution < -0.4 is 4.74 Å². The lowest BCUT2D eigenvalue weighted by Crippen LogP contribution is -2.22. The summed E-state index contributed by atoms with van der Waals surface area (Å²) in [5.74, 6) is 0.741. The van der Waals surface area contributed by atoms with Crippen LogP contribution in [0.4, 0.5) is 0 Å². The molecule has 0 amide bonds. The molecule has 1 aliphatic rings. The van der Waals surface area contributed by atoms with Crippen molar-refractivity contribution in [2.75, 3.05) is 13.7 Å². The van der Waals surface area contributed by atoms with E-state index in [1.54, 1.807) is 13.2 Å². The van der Waals surface area contributed by atoms with Crippen LogP contribution in [0.2, 0.25) is 0 Å². The van der Waals surface area contributed by atoms with Crippen molar-refractivity contribution in [1.29, 1.82) is 0 Å². The normalized spacial score (nSPS) is 15.3. The van der Waals surface area contributed by atoms with E-state index in [1.807, 2.05) is 12.1 Å². The Balaban J connectivity index is 1.75. The summed E-state index contributed by atoms with van der Waals surface area (Å²) in [7, 11) is 1.57. The molecule has 2 aromatic rings. The number of fused-ring (bicyclic) bond motifs is 1. The van der Waals surface area contributed by atoms with Crippen molar-refractivity contribution in [3.05, 3.63) is 59.2 Å². The molecule has 1 aliphatic heterocycles. The number of aryl methyl sites for hydroxylation is 1. The quantitative estimate of drug-likeness (QED) is 0.937. The standard InChI is InChI=1S/C18H21NO2/c1-21-18-9-8-14(11-17(18)20)12-19-10-4-7-15-5-2-3-6-16(15)13-19/h2-3,5-6,8-9,11,20H,4,7,10,12-13H2,1H3. The Morgan fingerprint density at radius 3 is 2.71 bits per heavy atom. The van der Waals surface area contributed by atoms with E-state index in [9.17, 15) is 5.11 Å². The Hall–Kier alpha value is -2.00. The minimum atomic E-state index is 0.213. The molecule has 0 aliphatic carbocycles. The first-order chi connectivity index (χ1) is 10.3. The lowest BCUT2D eigenvalue weighted by molar-refractivity contribution is 0.260. The van der Waals surface area contributed by atoms with Gasteiger partial charge in [0.05, 0.1) is 7.11 Å². The Kier molecular flexibility index (Phi) is 4.11. The fourth-order valence-corrected chi connectivity index (χ4v) is 3.00. The lowest BCUT2D eigenvalue weighted by Gasteiger charge is -2.21. The largest absolute Gasteiger partial charge is 0.504 e. The van der Waals surface area contributed by atoms with E-state index in [0.717, 1.165) is 31.6 Å². The molecule has 1 N–H and O–H groups in total. The fraction of sp³-hybridized carbons (Fsp3) is 0.333. The maximum absolute atomic E-state index is 9.89.